The Labute approximate surface area is 96.2 Å². The highest BCUT2D eigenvalue weighted by Gasteiger charge is 2.02. The van der Waals surface area contributed by atoms with Crippen molar-refractivity contribution in [2.75, 3.05) is 18.6 Å². The van der Waals surface area contributed by atoms with Crippen molar-refractivity contribution in [2.45, 2.75) is 25.5 Å². The first-order valence-corrected chi connectivity index (χ1v) is 6.43. The lowest BCUT2D eigenvalue weighted by molar-refractivity contribution is 0.411. The molecule has 0 aliphatic rings. The third-order valence-electron chi connectivity index (χ3n) is 2.21. The van der Waals surface area contributed by atoms with Crippen LogP contribution in [0.25, 0.3) is 0 Å². The third-order valence-corrected chi connectivity index (χ3v) is 3.30. The van der Waals surface area contributed by atoms with Crippen molar-refractivity contribution in [2.24, 2.45) is 0 Å². The van der Waals surface area contributed by atoms with Gasteiger partial charge < -0.3 is 10.5 Å². The van der Waals surface area contributed by atoms with Gasteiger partial charge in [-0.15, -0.1) is 0 Å². The minimum atomic E-state index is 0.758. The summed E-state index contributed by atoms with van der Waals surface area (Å²) in [6, 6.07) is 5.86. The van der Waals surface area contributed by atoms with Crippen LogP contribution in [0.4, 0.5) is 5.69 Å². The topological polar surface area (TPSA) is 35.2 Å². The van der Waals surface area contributed by atoms with E-state index in [9.17, 15) is 0 Å². The predicted octanol–water partition coefficient (Wildman–Crippen LogP) is 3.31. The lowest BCUT2D eigenvalue weighted by Crippen LogP contribution is -1.93. The van der Waals surface area contributed by atoms with Gasteiger partial charge >= 0.3 is 0 Å². The summed E-state index contributed by atoms with van der Waals surface area (Å²) in [5.74, 6) is 3.12. The lowest BCUT2D eigenvalue weighted by Gasteiger charge is -2.08. The van der Waals surface area contributed by atoms with Gasteiger partial charge in [0.15, 0.2) is 0 Å². The van der Waals surface area contributed by atoms with E-state index in [1.54, 1.807) is 7.11 Å². The van der Waals surface area contributed by atoms with Gasteiger partial charge in [-0.05, 0) is 18.2 Å². The van der Waals surface area contributed by atoms with Crippen LogP contribution < -0.4 is 10.5 Å². The molecule has 0 atom stereocenters. The Morgan fingerprint density at radius 3 is 2.87 bits per heavy atom. The molecular weight excluding hydrogens is 206 g/mol. The summed E-state index contributed by atoms with van der Waals surface area (Å²) >= 11 is 1.95. The van der Waals surface area contributed by atoms with Crippen molar-refractivity contribution < 1.29 is 4.74 Å². The largest absolute Gasteiger partial charge is 0.496 e. The number of nitrogen functional groups attached to an aromatic ring is 1. The number of methoxy groups -OCH3 is 1. The van der Waals surface area contributed by atoms with Gasteiger partial charge in [-0.2, -0.15) is 11.8 Å². The molecule has 0 unspecified atom stereocenters. The second-order valence-corrected chi connectivity index (χ2v) is 4.58. The van der Waals surface area contributed by atoms with Gasteiger partial charge in [0.25, 0.3) is 0 Å². The van der Waals surface area contributed by atoms with Crippen LogP contribution in [0.1, 0.15) is 25.3 Å². The van der Waals surface area contributed by atoms with Crippen LogP contribution in [-0.4, -0.2) is 12.9 Å². The molecule has 0 aromatic heterocycles. The number of hydrogen-bond acceptors (Lipinski definition) is 3. The standard InChI is InChI=1S/C12H19NOS/c1-3-4-7-15-9-10-5-6-11(13)8-12(10)14-2/h5-6,8H,3-4,7,9,13H2,1-2H3. The van der Waals surface area contributed by atoms with E-state index in [-0.39, 0.29) is 0 Å². The maximum Gasteiger partial charge on any atom is 0.124 e. The molecule has 0 aliphatic carbocycles. The van der Waals surface area contributed by atoms with Crippen molar-refractivity contribution in [1.82, 2.24) is 0 Å². The molecule has 0 fully saturated rings. The first-order valence-electron chi connectivity index (χ1n) is 5.28. The maximum absolute atomic E-state index is 5.69. The molecule has 2 N–H and O–H groups in total. The van der Waals surface area contributed by atoms with E-state index in [0.29, 0.717) is 0 Å². The fraction of sp³-hybridized carbons (Fsp3) is 0.500. The Bertz CT molecular complexity index is 302. The van der Waals surface area contributed by atoms with Crippen LogP contribution in [0.2, 0.25) is 0 Å². The SMILES string of the molecule is CCCCSCc1ccc(N)cc1OC. The van der Waals surface area contributed by atoms with Crippen LogP contribution in [0.15, 0.2) is 18.2 Å². The second kappa shape index (κ2) is 6.62. The number of rotatable bonds is 6. The molecule has 15 heavy (non-hydrogen) atoms. The number of unbranched alkanes of at least 4 members (excludes halogenated alkanes) is 1. The number of nitrogens with two attached hydrogens (primary N) is 1. The van der Waals surface area contributed by atoms with Crippen molar-refractivity contribution in [3.05, 3.63) is 23.8 Å². The molecule has 0 heterocycles. The van der Waals surface area contributed by atoms with Gasteiger partial charge in [0, 0.05) is 23.1 Å². The monoisotopic (exact) mass is 225 g/mol. The Balaban J connectivity index is 2.52. The average molecular weight is 225 g/mol. The van der Waals surface area contributed by atoms with Gasteiger partial charge in [0.2, 0.25) is 0 Å². The number of anilines is 1. The second-order valence-electron chi connectivity index (χ2n) is 3.48. The predicted molar refractivity (Wildman–Crippen MR) is 68.5 cm³/mol. The van der Waals surface area contributed by atoms with E-state index in [4.69, 9.17) is 10.5 Å². The normalized spacial score (nSPS) is 10.3. The fourth-order valence-corrected chi connectivity index (χ4v) is 2.40. The molecule has 2 nitrogen and oxygen atoms in total. The van der Waals surface area contributed by atoms with E-state index in [1.807, 2.05) is 30.0 Å². The van der Waals surface area contributed by atoms with Crippen molar-refractivity contribution in [3.8, 4) is 5.75 Å². The smallest absolute Gasteiger partial charge is 0.124 e. The highest BCUT2D eigenvalue weighted by Crippen LogP contribution is 2.25. The zero-order chi connectivity index (χ0) is 11.1. The molecule has 0 saturated heterocycles. The van der Waals surface area contributed by atoms with Crippen LogP contribution in [-0.2, 0) is 5.75 Å². The molecule has 0 spiro atoms. The Kier molecular flexibility index (Phi) is 5.40. The third kappa shape index (κ3) is 4.04. The molecule has 3 heteroatoms. The Morgan fingerprint density at radius 2 is 2.20 bits per heavy atom. The van der Waals surface area contributed by atoms with E-state index in [0.717, 1.165) is 17.2 Å². The van der Waals surface area contributed by atoms with Gasteiger partial charge in [0.1, 0.15) is 5.75 Å². The molecule has 0 amide bonds. The summed E-state index contributed by atoms with van der Waals surface area (Å²) in [6.07, 6.45) is 2.54. The van der Waals surface area contributed by atoms with E-state index >= 15 is 0 Å². The number of thioether (sulfide) groups is 1. The van der Waals surface area contributed by atoms with Gasteiger partial charge in [0.05, 0.1) is 7.11 Å². The van der Waals surface area contributed by atoms with Crippen molar-refractivity contribution in [1.29, 1.82) is 0 Å². The summed E-state index contributed by atoms with van der Waals surface area (Å²) in [7, 11) is 1.69. The van der Waals surface area contributed by atoms with Crippen molar-refractivity contribution in [3.63, 3.8) is 0 Å². The highest BCUT2D eigenvalue weighted by atomic mass is 32.2. The van der Waals surface area contributed by atoms with Crippen LogP contribution in [0.3, 0.4) is 0 Å². The molecule has 0 saturated carbocycles. The van der Waals surface area contributed by atoms with E-state index < -0.39 is 0 Å². The van der Waals surface area contributed by atoms with Gasteiger partial charge in [-0.1, -0.05) is 19.4 Å². The summed E-state index contributed by atoms with van der Waals surface area (Å²) in [6.45, 7) is 2.21. The fourth-order valence-electron chi connectivity index (χ4n) is 1.31. The number of ether oxygens (including phenoxy) is 1. The number of benzene rings is 1. The lowest BCUT2D eigenvalue weighted by atomic mass is 10.2. The molecule has 1 rings (SSSR count). The van der Waals surface area contributed by atoms with Crippen LogP contribution >= 0.6 is 11.8 Å². The summed E-state index contributed by atoms with van der Waals surface area (Å²) < 4.78 is 5.29. The van der Waals surface area contributed by atoms with Crippen molar-refractivity contribution >= 4 is 17.4 Å². The van der Waals surface area contributed by atoms with E-state index in [1.165, 1.54) is 24.2 Å². The summed E-state index contributed by atoms with van der Waals surface area (Å²) in [5.41, 5.74) is 7.68. The van der Waals surface area contributed by atoms with Gasteiger partial charge in [-0.25, -0.2) is 0 Å². The molecule has 0 radical (unpaired) electrons. The zero-order valence-electron chi connectivity index (χ0n) is 9.45. The maximum atomic E-state index is 5.69. The zero-order valence-corrected chi connectivity index (χ0v) is 10.3. The molecular formula is C12H19NOS. The minimum Gasteiger partial charge on any atom is -0.496 e. The first-order chi connectivity index (χ1) is 7.27. The molecule has 1 aromatic rings. The molecule has 1 aromatic carbocycles. The summed E-state index contributed by atoms with van der Waals surface area (Å²) in [4.78, 5) is 0. The molecule has 0 aliphatic heterocycles. The Morgan fingerprint density at radius 1 is 1.40 bits per heavy atom. The van der Waals surface area contributed by atoms with Gasteiger partial charge in [-0.3, -0.25) is 0 Å². The average Bonchev–Trinajstić information content (AvgIpc) is 2.26. The Hall–Kier alpha value is -0.830. The molecule has 0 bridgehead atoms. The first kappa shape index (κ1) is 12.2. The summed E-state index contributed by atoms with van der Waals surface area (Å²) in [5, 5.41) is 0. The van der Waals surface area contributed by atoms with E-state index in [2.05, 4.69) is 6.92 Å². The highest BCUT2D eigenvalue weighted by molar-refractivity contribution is 7.98. The molecule has 84 valence electrons. The number of hydrogen-bond donors (Lipinski definition) is 1. The minimum absolute atomic E-state index is 0.758. The van der Waals surface area contributed by atoms with Crippen LogP contribution in [0, 0.1) is 0 Å². The quantitative estimate of drug-likeness (QED) is 0.596. The van der Waals surface area contributed by atoms with Crippen LogP contribution in [0.5, 0.6) is 5.75 Å².